The second-order valence-electron chi connectivity index (χ2n) is 2.12. The van der Waals surface area contributed by atoms with Gasteiger partial charge in [-0.2, -0.15) is 5.10 Å². The molecule has 0 bridgehead atoms. The average Bonchev–Trinajstić information content (AvgIpc) is 2.63. The molecule has 6 heteroatoms. The molecule has 0 saturated heterocycles. The lowest BCUT2D eigenvalue weighted by atomic mass is 10.6. The highest BCUT2D eigenvalue weighted by Gasteiger charge is 1.78. The van der Waals surface area contributed by atoms with Crippen LogP contribution in [0.1, 0.15) is 11.5 Å². The van der Waals surface area contributed by atoms with Crippen molar-refractivity contribution in [2.24, 2.45) is 0 Å². The molecule has 64 valence electrons. The zero-order valence-electron chi connectivity index (χ0n) is 6.85. The number of H-pyrrole nitrogens is 1. The first-order valence-corrected chi connectivity index (χ1v) is 4.18. The number of hydrogen-bond acceptors (Lipinski definition) is 5. The van der Waals surface area contributed by atoms with Crippen molar-refractivity contribution >= 4 is 11.5 Å². The summed E-state index contributed by atoms with van der Waals surface area (Å²) in [4.78, 5) is 3.75. The van der Waals surface area contributed by atoms with E-state index in [1.165, 1.54) is 17.9 Å². The minimum absolute atomic E-state index is 0.856. The van der Waals surface area contributed by atoms with Gasteiger partial charge in [-0.05, 0) is 25.4 Å². The van der Waals surface area contributed by atoms with Gasteiger partial charge >= 0.3 is 0 Å². The summed E-state index contributed by atoms with van der Waals surface area (Å²) in [6, 6.07) is 0. The Hall–Kier alpha value is -1.30. The number of aromatic nitrogens is 5. The van der Waals surface area contributed by atoms with Crippen LogP contribution in [0.5, 0.6) is 0 Å². The van der Waals surface area contributed by atoms with Crippen LogP contribution in [0.4, 0.5) is 0 Å². The van der Waals surface area contributed by atoms with E-state index in [0.29, 0.717) is 0 Å². The van der Waals surface area contributed by atoms with Gasteiger partial charge in [0, 0.05) is 5.38 Å². The Bertz CT molecular complexity index is 255. The van der Waals surface area contributed by atoms with Gasteiger partial charge in [-0.1, -0.05) is 4.49 Å². The monoisotopic (exact) mass is 183 g/mol. The van der Waals surface area contributed by atoms with Crippen LogP contribution in [-0.4, -0.2) is 24.8 Å². The van der Waals surface area contributed by atoms with E-state index in [1.54, 1.807) is 0 Å². The van der Waals surface area contributed by atoms with Crippen molar-refractivity contribution in [1.29, 1.82) is 0 Å². The topological polar surface area (TPSA) is 67.3 Å². The van der Waals surface area contributed by atoms with Crippen LogP contribution in [0.2, 0.25) is 0 Å². The van der Waals surface area contributed by atoms with Crippen molar-refractivity contribution in [2.45, 2.75) is 13.8 Å². The third-order valence-corrected chi connectivity index (χ3v) is 1.63. The van der Waals surface area contributed by atoms with Gasteiger partial charge in [0.25, 0.3) is 0 Å². The maximum absolute atomic E-state index is 3.75. The average molecular weight is 183 g/mol. The number of aromatic amines is 1. The molecular formula is C6H9N5S. The maximum Gasteiger partial charge on any atom is 0.137 e. The molecule has 0 aliphatic rings. The Labute approximate surface area is 74.0 Å². The summed E-state index contributed by atoms with van der Waals surface area (Å²) >= 11 is 1.38. The van der Waals surface area contributed by atoms with E-state index in [4.69, 9.17) is 0 Å². The molecule has 2 aromatic heterocycles. The van der Waals surface area contributed by atoms with Crippen molar-refractivity contribution in [3.05, 3.63) is 23.2 Å². The van der Waals surface area contributed by atoms with Crippen LogP contribution in [-0.2, 0) is 0 Å². The van der Waals surface area contributed by atoms with Crippen molar-refractivity contribution in [3.8, 4) is 0 Å². The van der Waals surface area contributed by atoms with E-state index < -0.39 is 0 Å². The van der Waals surface area contributed by atoms with E-state index in [2.05, 4.69) is 24.8 Å². The van der Waals surface area contributed by atoms with Gasteiger partial charge in [-0.3, -0.25) is 5.10 Å². The molecule has 0 saturated carbocycles. The molecule has 0 aliphatic carbocycles. The zero-order valence-corrected chi connectivity index (χ0v) is 7.67. The second kappa shape index (κ2) is 4.55. The van der Waals surface area contributed by atoms with Crippen LogP contribution in [0, 0.1) is 13.8 Å². The summed E-state index contributed by atoms with van der Waals surface area (Å²) in [5.41, 5.74) is 1.00. The van der Waals surface area contributed by atoms with Gasteiger partial charge in [0.1, 0.15) is 12.2 Å². The molecule has 2 aromatic rings. The summed E-state index contributed by atoms with van der Waals surface area (Å²) in [7, 11) is 0. The van der Waals surface area contributed by atoms with Crippen molar-refractivity contribution in [3.63, 3.8) is 0 Å². The molecule has 0 aliphatic heterocycles. The molecule has 0 fully saturated rings. The minimum atomic E-state index is 0.856. The minimum Gasteiger partial charge on any atom is -0.264 e. The first-order chi connectivity index (χ1) is 5.79. The van der Waals surface area contributed by atoms with Crippen LogP contribution in [0.15, 0.2) is 11.7 Å². The molecule has 0 amide bonds. The molecule has 2 heterocycles. The molecule has 0 aromatic carbocycles. The van der Waals surface area contributed by atoms with Gasteiger partial charge in [0.05, 0.1) is 5.69 Å². The van der Waals surface area contributed by atoms with Gasteiger partial charge in [0.15, 0.2) is 0 Å². The maximum atomic E-state index is 3.75. The summed E-state index contributed by atoms with van der Waals surface area (Å²) in [5, 5.41) is 11.8. The highest BCUT2D eigenvalue weighted by molar-refractivity contribution is 7.03. The Morgan fingerprint density at radius 3 is 2.42 bits per heavy atom. The number of aryl methyl sites for hydroxylation is 2. The number of nitrogens with one attached hydrogen (secondary N) is 1. The smallest absolute Gasteiger partial charge is 0.137 e. The fourth-order valence-electron chi connectivity index (χ4n) is 0.478. The van der Waals surface area contributed by atoms with Gasteiger partial charge < -0.3 is 0 Å². The predicted molar refractivity (Wildman–Crippen MR) is 45.8 cm³/mol. The number of nitrogens with zero attached hydrogens (tertiary/aromatic N) is 4. The predicted octanol–water partition coefficient (Wildman–Crippen LogP) is 0.960. The largest absolute Gasteiger partial charge is 0.264 e. The zero-order chi connectivity index (χ0) is 8.81. The molecule has 2 rings (SSSR count). The van der Waals surface area contributed by atoms with Crippen molar-refractivity contribution < 1.29 is 0 Å². The van der Waals surface area contributed by atoms with Gasteiger partial charge in [-0.25, -0.2) is 4.98 Å². The Kier molecular flexibility index (Phi) is 3.34. The highest BCUT2D eigenvalue weighted by atomic mass is 32.1. The van der Waals surface area contributed by atoms with Crippen LogP contribution < -0.4 is 0 Å². The number of hydrogen-bond donors (Lipinski definition) is 1. The fraction of sp³-hybridized carbons (Fsp3) is 0.333. The third-order valence-electron chi connectivity index (χ3n) is 1.00. The summed E-state index contributed by atoms with van der Waals surface area (Å²) in [5.74, 6) is 0.856. The summed E-state index contributed by atoms with van der Waals surface area (Å²) < 4.78 is 3.61. The standard InChI is InChI=1S/C3H5N3.C3H4N2S/c1-3-4-2-5-6-3;1-3-2-6-5-4-3/h2H,1H3,(H,4,5,6);2H,1H3. The molecule has 0 spiro atoms. The Morgan fingerprint density at radius 2 is 2.25 bits per heavy atom. The second-order valence-corrected chi connectivity index (χ2v) is 2.73. The summed E-state index contributed by atoms with van der Waals surface area (Å²) in [6.45, 7) is 3.77. The van der Waals surface area contributed by atoms with Gasteiger partial charge in [-0.15, -0.1) is 5.10 Å². The van der Waals surface area contributed by atoms with E-state index in [0.717, 1.165) is 11.5 Å². The lowest BCUT2D eigenvalue weighted by Crippen LogP contribution is -1.68. The summed E-state index contributed by atoms with van der Waals surface area (Å²) in [6.07, 6.45) is 1.48. The van der Waals surface area contributed by atoms with Crippen LogP contribution >= 0.6 is 11.5 Å². The lowest BCUT2D eigenvalue weighted by molar-refractivity contribution is 1.04. The SMILES string of the molecule is Cc1csnn1.Cc1ncn[nH]1. The molecule has 12 heavy (non-hydrogen) atoms. The van der Waals surface area contributed by atoms with E-state index >= 15 is 0 Å². The third kappa shape index (κ3) is 3.20. The highest BCUT2D eigenvalue weighted by Crippen LogP contribution is 1.90. The van der Waals surface area contributed by atoms with Gasteiger partial charge in [0.2, 0.25) is 0 Å². The normalized spacial score (nSPS) is 8.83. The quantitative estimate of drug-likeness (QED) is 0.660. The molecular weight excluding hydrogens is 174 g/mol. The molecule has 0 atom stereocenters. The molecule has 5 nitrogen and oxygen atoms in total. The first-order valence-electron chi connectivity index (χ1n) is 3.34. The Morgan fingerprint density at radius 1 is 1.42 bits per heavy atom. The first kappa shape index (κ1) is 8.79. The fourth-order valence-corrected chi connectivity index (χ4v) is 0.901. The van der Waals surface area contributed by atoms with E-state index in [9.17, 15) is 0 Å². The van der Waals surface area contributed by atoms with Crippen LogP contribution in [0.3, 0.4) is 0 Å². The Balaban J connectivity index is 0.000000120. The number of rotatable bonds is 0. The van der Waals surface area contributed by atoms with E-state index in [1.807, 2.05) is 19.2 Å². The van der Waals surface area contributed by atoms with Crippen LogP contribution in [0.25, 0.3) is 0 Å². The van der Waals surface area contributed by atoms with Crippen molar-refractivity contribution in [1.82, 2.24) is 24.8 Å². The lowest BCUT2D eigenvalue weighted by Gasteiger charge is -1.66. The van der Waals surface area contributed by atoms with Crippen molar-refractivity contribution in [2.75, 3.05) is 0 Å². The molecule has 1 N–H and O–H groups in total. The van der Waals surface area contributed by atoms with E-state index in [-0.39, 0.29) is 0 Å². The molecule has 0 radical (unpaired) electrons. The molecule has 0 unspecified atom stereocenters.